The second kappa shape index (κ2) is 5.46. The van der Waals surface area contributed by atoms with Crippen LogP contribution in [0.1, 0.15) is 33.1 Å². The summed E-state index contributed by atoms with van der Waals surface area (Å²) >= 11 is 0. The molecule has 1 heterocycles. The SMILES string of the molecule is CC1CCCC(NS(=O)(=O)c2ccc(=O)[nH]c2)C1C. The van der Waals surface area contributed by atoms with Crippen molar-refractivity contribution in [3.63, 3.8) is 0 Å². The summed E-state index contributed by atoms with van der Waals surface area (Å²) in [6.45, 7) is 4.25. The molecule has 0 radical (unpaired) electrons. The van der Waals surface area contributed by atoms with Gasteiger partial charge in [0, 0.05) is 18.3 Å². The molecule has 1 aromatic rings. The monoisotopic (exact) mass is 284 g/mol. The minimum atomic E-state index is -3.55. The fraction of sp³-hybridized carbons (Fsp3) is 0.615. The van der Waals surface area contributed by atoms with Crippen LogP contribution in [0.4, 0.5) is 0 Å². The van der Waals surface area contributed by atoms with Gasteiger partial charge in [-0.15, -0.1) is 0 Å². The van der Waals surface area contributed by atoms with E-state index >= 15 is 0 Å². The highest BCUT2D eigenvalue weighted by atomic mass is 32.2. The zero-order valence-electron chi connectivity index (χ0n) is 11.2. The summed E-state index contributed by atoms with van der Waals surface area (Å²) in [6, 6.07) is 2.53. The van der Waals surface area contributed by atoms with Crippen LogP contribution in [0.15, 0.2) is 28.0 Å². The Morgan fingerprint density at radius 3 is 2.63 bits per heavy atom. The zero-order valence-corrected chi connectivity index (χ0v) is 12.0. The third-order valence-corrected chi connectivity index (χ3v) is 5.57. The largest absolute Gasteiger partial charge is 0.328 e. The lowest BCUT2D eigenvalue weighted by atomic mass is 9.78. The summed E-state index contributed by atoms with van der Waals surface area (Å²) in [7, 11) is -3.55. The molecule has 3 unspecified atom stereocenters. The van der Waals surface area contributed by atoms with E-state index < -0.39 is 10.0 Å². The van der Waals surface area contributed by atoms with Gasteiger partial charge in [0.15, 0.2) is 0 Å². The first-order chi connectivity index (χ1) is 8.90. The van der Waals surface area contributed by atoms with E-state index in [0.717, 1.165) is 19.3 Å². The molecule has 1 saturated carbocycles. The van der Waals surface area contributed by atoms with E-state index in [9.17, 15) is 13.2 Å². The Morgan fingerprint density at radius 2 is 2.00 bits per heavy atom. The molecule has 0 amide bonds. The molecule has 3 atom stereocenters. The number of H-pyrrole nitrogens is 1. The quantitative estimate of drug-likeness (QED) is 0.882. The second-order valence-corrected chi connectivity index (χ2v) is 7.10. The first-order valence-electron chi connectivity index (χ1n) is 6.61. The lowest BCUT2D eigenvalue weighted by Crippen LogP contribution is -2.43. The summed E-state index contributed by atoms with van der Waals surface area (Å²) in [5.41, 5.74) is -0.307. The predicted octanol–water partition coefficient (Wildman–Crippen LogP) is 1.48. The molecule has 106 valence electrons. The molecule has 1 fully saturated rings. The highest BCUT2D eigenvalue weighted by Crippen LogP contribution is 2.30. The van der Waals surface area contributed by atoms with Crippen molar-refractivity contribution in [2.24, 2.45) is 11.8 Å². The van der Waals surface area contributed by atoms with E-state index in [4.69, 9.17) is 0 Å². The van der Waals surface area contributed by atoms with Gasteiger partial charge in [-0.1, -0.05) is 26.7 Å². The van der Waals surface area contributed by atoms with E-state index in [1.807, 2.05) is 0 Å². The van der Waals surface area contributed by atoms with E-state index in [1.165, 1.54) is 18.3 Å². The first-order valence-corrected chi connectivity index (χ1v) is 8.09. The summed E-state index contributed by atoms with van der Waals surface area (Å²) < 4.78 is 27.2. The van der Waals surface area contributed by atoms with Crippen LogP contribution in [0.25, 0.3) is 0 Å². The van der Waals surface area contributed by atoms with Gasteiger partial charge in [0.1, 0.15) is 0 Å². The number of nitrogens with one attached hydrogen (secondary N) is 2. The number of sulfonamides is 1. The van der Waals surface area contributed by atoms with E-state index in [-0.39, 0.29) is 16.5 Å². The normalized spacial score (nSPS) is 28.2. The van der Waals surface area contributed by atoms with Crippen LogP contribution >= 0.6 is 0 Å². The van der Waals surface area contributed by atoms with Crippen molar-refractivity contribution in [1.82, 2.24) is 9.71 Å². The molecule has 1 aliphatic rings. The van der Waals surface area contributed by atoms with Gasteiger partial charge in [0.25, 0.3) is 0 Å². The van der Waals surface area contributed by atoms with Gasteiger partial charge < -0.3 is 4.98 Å². The van der Waals surface area contributed by atoms with Crippen molar-refractivity contribution >= 4 is 10.0 Å². The molecule has 0 bridgehead atoms. The van der Waals surface area contributed by atoms with Crippen molar-refractivity contribution in [1.29, 1.82) is 0 Å². The van der Waals surface area contributed by atoms with Crippen molar-refractivity contribution in [2.75, 3.05) is 0 Å². The van der Waals surface area contributed by atoms with Gasteiger partial charge in [-0.05, 0) is 24.3 Å². The number of hydrogen-bond acceptors (Lipinski definition) is 3. The van der Waals surface area contributed by atoms with Crippen LogP contribution in [0.2, 0.25) is 0 Å². The Hall–Kier alpha value is -1.14. The minimum absolute atomic E-state index is 0.0271. The standard InChI is InChI=1S/C13H20N2O3S/c1-9-4-3-5-12(10(9)2)15-19(17,18)11-6-7-13(16)14-8-11/h6-10,12,15H,3-5H2,1-2H3,(H,14,16). The van der Waals surface area contributed by atoms with Crippen molar-refractivity contribution in [3.8, 4) is 0 Å². The lowest BCUT2D eigenvalue weighted by molar-refractivity contribution is 0.227. The summed E-state index contributed by atoms with van der Waals surface area (Å²) in [6.07, 6.45) is 4.30. The number of rotatable bonds is 3. The molecule has 0 spiro atoms. The van der Waals surface area contributed by atoms with Gasteiger partial charge in [0.2, 0.25) is 15.6 Å². The Morgan fingerprint density at radius 1 is 1.26 bits per heavy atom. The van der Waals surface area contributed by atoms with Crippen LogP contribution in [0.3, 0.4) is 0 Å². The molecule has 1 aliphatic carbocycles. The van der Waals surface area contributed by atoms with Crippen LogP contribution in [-0.4, -0.2) is 19.4 Å². The zero-order chi connectivity index (χ0) is 14.0. The number of aromatic nitrogens is 1. The van der Waals surface area contributed by atoms with Crippen molar-refractivity contribution < 1.29 is 8.42 Å². The van der Waals surface area contributed by atoms with E-state index in [0.29, 0.717) is 11.8 Å². The first kappa shape index (κ1) is 14.3. The van der Waals surface area contributed by atoms with Crippen molar-refractivity contribution in [2.45, 2.75) is 44.0 Å². The van der Waals surface area contributed by atoms with Gasteiger partial charge in [-0.3, -0.25) is 4.79 Å². The van der Waals surface area contributed by atoms with Crippen LogP contribution < -0.4 is 10.3 Å². The fourth-order valence-electron chi connectivity index (χ4n) is 2.58. The smallest absolute Gasteiger partial charge is 0.247 e. The lowest BCUT2D eigenvalue weighted by Gasteiger charge is -2.34. The number of aromatic amines is 1. The second-order valence-electron chi connectivity index (χ2n) is 5.38. The Bertz CT molecular complexity index is 574. The Kier molecular flexibility index (Phi) is 4.10. The third kappa shape index (κ3) is 3.25. The molecule has 0 aliphatic heterocycles. The number of hydrogen-bond donors (Lipinski definition) is 2. The third-order valence-electron chi connectivity index (χ3n) is 4.08. The number of pyridine rings is 1. The highest BCUT2D eigenvalue weighted by Gasteiger charge is 2.30. The maximum Gasteiger partial charge on any atom is 0.247 e. The molecule has 6 heteroatoms. The molecule has 0 aromatic carbocycles. The van der Waals surface area contributed by atoms with Gasteiger partial charge >= 0.3 is 0 Å². The van der Waals surface area contributed by atoms with Gasteiger partial charge in [0.05, 0.1) is 4.90 Å². The molecular formula is C13H20N2O3S. The molecule has 2 rings (SSSR count). The van der Waals surface area contributed by atoms with Gasteiger partial charge in [-0.25, -0.2) is 13.1 Å². The maximum atomic E-state index is 12.2. The summed E-state index contributed by atoms with van der Waals surface area (Å²) in [4.78, 5) is 13.5. The van der Waals surface area contributed by atoms with Crippen LogP contribution in [0, 0.1) is 11.8 Å². The molecule has 19 heavy (non-hydrogen) atoms. The molecule has 0 saturated heterocycles. The molecule has 1 aromatic heterocycles. The minimum Gasteiger partial charge on any atom is -0.328 e. The topological polar surface area (TPSA) is 79.0 Å². The van der Waals surface area contributed by atoms with Gasteiger partial charge in [-0.2, -0.15) is 0 Å². The summed E-state index contributed by atoms with van der Waals surface area (Å²) in [5, 5.41) is 0. The van der Waals surface area contributed by atoms with Crippen LogP contribution in [0.5, 0.6) is 0 Å². The van der Waals surface area contributed by atoms with E-state index in [2.05, 4.69) is 23.6 Å². The molecule has 2 N–H and O–H groups in total. The highest BCUT2D eigenvalue weighted by molar-refractivity contribution is 7.89. The summed E-state index contributed by atoms with van der Waals surface area (Å²) in [5.74, 6) is 0.850. The van der Waals surface area contributed by atoms with Crippen LogP contribution in [-0.2, 0) is 10.0 Å². The maximum absolute atomic E-state index is 12.2. The van der Waals surface area contributed by atoms with E-state index in [1.54, 1.807) is 0 Å². The fourth-order valence-corrected chi connectivity index (χ4v) is 3.91. The molecular weight excluding hydrogens is 264 g/mol. The average Bonchev–Trinajstić information content (AvgIpc) is 2.35. The average molecular weight is 284 g/mol. The predicted molar refractivity (Wildman–Crippen MR) is 73.4 cm³/mol. The Balaban J connectivity index is 2.17. The Labute approximate surface area is 113 Å². The van der Waals surface area contributed by atoms with Crippen molar-refractivity contribution in [3.05, 3.63) is 28.7 Å². The molecule has 5 nitrogen and oxygen atoms in total.